The summed E-state index contributed by atoms with van der Waals surface area (Å²) >= 11 is 0. The number of sulfone groups is 2. The highest BCUT2D eigenvalue weighted by molar-refractivity contribution is 7.91. The molecule has 0 fully saturated rings. The van der Waals surface area contributed by atoms with Crippen molar-refractivity contribution in [1.29, 1.82) is 0 Å². The van der Waals surface area contributed by atoms with Gasteiger partial charge in [-0.1, -0.05) is 38.1 Å². The minimum absolute atomic E-state index is 0.313. The molecule has 0 heterocycles. The Hall–Kier alpha value is -2.84. The van der Waals surface area contributed by atoms with Crippen molar-refractivity contribution in [2.75, 3.05) is 23.1 Å². The Morgan fingerprint density at radius 3 is 1.45 bits per heavy atom. The van der Waals surface area contributed by atoms with Crippen LogP contribution < -0.4 is 10.6 Å². The van der Waals surface area contributed by atoms with Crippen LogP contribution in [0.15, 0.2) is 76.5 Å². The maximum atomic E-state index is 11.6. The van der Waals surface area contributed by atoms with Gasteiger partial charge in [0.2, 0.25) is 0 Å². The first-order valence-corrected chi connectivity index (χ1v) is 14.5. The van der Waals surface area contributed by atoms with Gasteiger partial charge in [-0.05, 0) is 66.1 Å². The molecule has 0 unspecified atom stereocenters. The molecule has 3 rings (SSSR count). The third-order valence-corrected chi connectivity index (χ3v) is 7.17. The van der Waals surface area contributed by atoms with Crippen LogP contribution in [-0.4, -0.2) is 29.3 Å². The molecule has 3 aromatic carbocycles. The molecule has 6 nitrogen and oxygen atoms in total. The van der Waals surface area contributed by atoms with Crippen molar-refractivity contribution in [3.63, 3.8) is 0 Å². The number of hydrogen-bond acceptors (Lipinski definition) is 6. The number of anilines is 2. The molecular formula is C25H32N2O4S2. The molecule has 0 aliphatic carbocycles. The molecule has 33 heavy (non-hydrogen) atoms. The monoisotopic (exact) mass is 488 g/mol. The lowest BCUT2D eigenvalue weighted by Crippen LogP contribution is -2.04. The van der Waals surface area contributed by atoms with Crippen molar-refractivity contribution in [2.24, 2.45) is 0 Å². The summed E-state index contributed by atoms with van der Waals surface area (Å²) in [5.41, 5.74) is 5.02. The summed E-state index contributed by atoms with van der Waals surface area (Å²) in [6.45, 7) is 7.19. The summed E-state index contributed by atoms with van der Waals surface area (Å²) in [7, 11) is -6.37. The first kappa shape index (κ1) is 26.4. The predicted molar refractivity (Wildman–Crippen MR) is 136 cm³/mol. The number of hydrogen-bond donors (Lipinski definition) is 2. The molecule has 0 aromatic heterocycles. The van der Waals surface area contributed by atoms with Crippen molar-refractivity contribution < 1.29 is 16.8 Å². The lowest BCUT2D eigenvalue weighted by Gasteiger charge is -2.13. The van der Waals surface area contributed by atoms with Gasteiger partial charge in [0, 0.05) is 37.0 Å². The molecule has 3 aromatic rings. The molecule has 0 bridgehead atoms. The third-order valence-electron chi connectivity index (χ3n) is 4.91. The normalized spacial score (nSPS) is 11.3. The molecule has 178 valence electrons. The molecule has 0 aliphatic heterocycles. The van der Waals surface area contributed by atoms with E-state index >= 15 is 0 Å². The second kappa shape index (κ2) is 11.3. The Balaban J connectivity index is 0.00000187. The van der Waals surface area contributed by atoms with Gasteiger partial charge < -0.3 is 10.6 Å². The van der Waals surface area contributed by atoms with Crippen molar-refractivity contribution in [3.8, 4) is 0 Å². The van der Waals surface area contributed by atoms with Crippen LogP contribution in [0.5, 0.6) is 0 Å². The van der Waals surface area contributed by atoms with Crippen LogP contribution in [-0.2, 0) is 32.8 Å². The lowest BCUT2D eigenvalue weighted by atomic mass is 10.1. The van der Waals surface area contributed by atoms with Crippen molar-refractivity contribution in [3.05, 3.63) is 83.4 Å². The highest BCUT2D eigenvalue weighted by Crippen LogP contribution is 2.22. The minimum atomic E-state index is -3.19. The average molecular weight is 489 g/mol. The van der Waals surface area contributed by atoms with Gasteiger partial charge in [-0.3, -0.25) is 0 Å². The zero-order valence-electron chi connectivity index (χ0n) is 19.7. The topological polar surface area (TPSA) is 92.3 Å². The lowest BCUT2D eigenvalue weighted by molar-refractivity contribution is 0.600. The van der Waals surface area contributed by atoms with Gasteiger partial charge in [0.25, 0.3) is 0 Å². The van der Waals surface area contributed by atoms with E-state index in [1.807, 2.05) is 51.1 Å². The van der Waals surface area contributed by atoms with E-state index in [0.717, 1.165) is 28.1 Å². The SMILES string of the molecule is CC.Cc1cc(NCc2ccc(S(C)(=O)=O)cc2)ccc1NCc1ccc(S(C)(=O)=O)cc1. The molecule has 2 N–H and O–H groups in total. The highest BCUT2D eigenvalue weighted by atomic mass is 32.2. The fraction of sp³-hybridized carbons (Fsp3) is 0.280. The van der Waals surface area contributed by atoms with Crippen LogP contribution >= 0.6 is 0 Å². The zero-order valence-corrected chi connectivity index (χ0v) is 21.3. The van der Waals surface area contributed by atoms with E-state index in [2.05, 4.69) is 10.6 Å². The average Bonchev–Trinajstić information content (AvgIpc) is 2.78. The van der Waals surface area contributed by atoms with Crippen LogP contribution in [0, 0.1) is 6.92 Å². The number of rotatable bonds is 8. The minimum Gasteiger partial charge on any atom is -0.381 e. The van der Waals surface area contributed by atoms with Gasteiger partial charge in [-0.25, -0.2) is 16.8 Å². The van der Waals surface area contributed by atoms with E-state index in [0.29, 0.717) is 22.9 Å². The third kappa shape index (κ3) is 7.91. The van der Waals surface area contributed by atoms with Crippen molar-refractivity contribution >= 4 is 31.0 Å². The van der Waals surface area contributed by atoms with Crippen LogP contribution in [0.1, 0.15) is 30.5 Å². The van der Waals surface area contributed by atoms with E-state index in [1.165, 1.54) is 12.5 Å². The van der Waals surface area contributed by atoms with E-state index < -0.39 is 19.7 Å². The fourth-order valence-corrected chi connectivity index (χ4v) is 4.34. The summed E-state index contributed by atoms with van der Waals surface area (Å²) in [4.78, 5) is 0.627. The summed E-state index contributed by atoms with van der Waals surface area (Å²) in [5, 5.41) is 6.72. The van der Waals surface area contributed by atoms with Crippen LogP contribution in [0.2, 0.25) is 0 Å². The standard InChI is InChI=1S/C23H26N2O4S2.C2H6/c1-17-14-20(24-15-18-4-9-21(10-5-18)30(2,26)27)8-13-23(17)25-16-19-6-11-22(12-7-19)31(3,28)29;1-2/h4-14,24-25H,15-16H2,1-3H3;1-2H3. The first-order chi connectivity index (χ1) is 15.5. The summed E-state index contributed by atoms with van der Waals surface area (Å²) in [6, 6.07) is 19.7. The molecule has 0 aliphatic rings. The largest absolute Gasteiger partial charge is 0.381 e. The first-order valence-electron chi connectivity index (χ1n) is 10.7. The summed E-state index contributed by atoms with van der Waals surface area (Å²) in [6.07, 6.45) is 2.40. The Morgan fingerprint density at radius 2 is 1.06 bits per heavy atom. The highest BCUT2D eigenvalue weighted by Gasteiger charge is 2.08. The zero-order chi connectivity index (χ0) is 24.6. The smallest absolute Gasteiger partial charge is 0.175 e. The number of nitrogens with one attached hydrogen (secondary N) is 2. The van der Waals surface area contributed by atoms with E-state index in [4.69, 9.17) is 0 Å². The Morgan fingerprint density at radius 1 is 0.636 bits per heavy atom. The quantitative estimate of drug-likeness (QED) is 0.461. The molecule has 0 atom stereocenters. The molecule has 0 saturated heterocycles. The van der Waals surface area contributed by atoms with E-state index in [9.17, 15) is 16.8 Å². The maximum absolute atomic E-state index is 11.6. The van der Waals surface area contributed by atoms with Gasteiger partial charge in [-0.15, -0.1) is 0 Å². The van der Waals surface area contributed by atoms with Gasteiger partial charge in [-0.2, -0.15) is 0 Å². The predicted octanol–water partition coefficient (Wildman–Crippen LogP) is 5.05. The van der Waals surface area contributed by atoms with Crippen LogP contribution in [0.4, 0.5) is 11.4 Å². The van der Waals surface area contributed by atoms with Crippen LogP contribution in [0.3, 0.4) is 0 Å². The molecule has 0 amide bonds. The number of aryl methyl sites for hydroxylation is 1. The Bertz CT molecular complexity index is 1270. The van der Waals surface area contributed by atoms with Gasteiger partial charge in [0.15, 0.2) is 19.7 Å². The number of benzene rings is 3. The van der Waals surface area contributed by atoms with Crippen molar-refractivity contribution in [2.45, 2.75) is 43.7 Å². The van der Waals surface area contributed by atoms with Gasteiger partial charge in [0.05, 0.1) is 9.79 Å². The van der Waals surface area contributed by atoms with Crippen LogP contribution in [0.25, 0.3) is 0 Å². The Labute approximate surface area is 197 Å². The molecule has 0 spiro atoms. The van der Waals surface area contributed by atoms with E-state index in [1.54, 1.807) is 36.4 Å². The van der Waals surface area contributed by atoms with Gasteiger partial charge >= 0.3 is 0 Å². The molecule has 0 saturated carbocycles. The summed E-state index contributed by atoms with van der Waals surface area (Å²) < 4.78 is 46.2. The Kier molecular flexibility index (Phi) is 9.07. The second-order valence-corrected chi connectivity index (χ2v) is 11.6. The van der Waals surface area contributed by atoms with E-state index in [-0.39, 0.29) is 0 Å². The van der Waals surface area contributed by atoms with Crippen molar-refractivity contribution in [1.82, 2.24) is 0 Å². The second-order valence-electron chi connectivity index (χ2n) is 7.57. The maximum Gasteiger partial charge on any atom is 0.175 e. The molecular weight excluding hydrogens is 456 g/mol. The fourth-order valence-electron chi connectivity index (χ4n) is 3.08. The van der Waals surface area contributed by atoms with Gasteiger partial charge in [0.1, 0.15) is 0 Å². The molecule has 0 radical (unpaired) electrons. The summed E-state index contributed by atoms with van der Waals surface area (Å²) in [5.74, 6) is 0. The molecule has 8 heteroatoms.